The normalized spacial score (nSPS) is 15.0. The Kier molecular flexibility index (Phi) is 13.4. The Bertz CT molecular complexity index is 1110. The average Bonchev–Trinajstić information content (AvgIpc) is 3.40. The van der Waals surface area contributed by atoms with Gasteiger partial charge in [0.15, 0.2) is 0 Å². The van der Waals surface area contributed by atoms with E-state index in [0.29, 0.717) is 18.5 Å². The van der Waals surface area contributed by atoms with Gasteiger partial charge in [0, 0.05) is 24.7 Å². The van der Waals surface area contributed by atoms with Crippen molar-refractivity contribution < 1.29 is 24.3 Å². The summed E-state index contributed by atoms with van der Waals surface area (Å²) < 4.78 is 0. The number of H-pyrrole nitrogens is 1. The summed E-state index contributed by atoms with van der Waals surface area (Å²) in [5.74, 6) is -2.11. The minimum absolute atomic E-state index is 0.0430. The molecule has 12 heteroatoms. The maximum Gasteiger partial charge on any atom is 0.243 e. The molecule has 0 aliphatic rings. The highest BCUT2D eigenvalue weighted by Gasteiger charge is 2.30. The number of nitrogens with two attached hydrogens (primary N) is 2. The number of hydrogen-bond donors (Lipinski definition) is 7. The monoisotopic (exact) mass is 571 g/mol. The molecule has 0 aliphatic carbocycles. The van der Waals surface area contributed by atoms with Crippen molar-refractivity contribution in [3.8, 4) is 0 Å². The Labute approximate surface area is 241 Å². The molecule has 12 nitrogen and oxygen atoms in total. The largest absolute Gasteiger partial charge is 0.390 e. The SMILES string of the molecule is CC(C)CC(NC(=O)[C@@H](N)Cc1cnc[nH]1)C(O)CC(=O)N[C@@H](CC(C)C)C(=O)N[C@@H](Cc1ccccc1)C(N)=O. The molecule has 2 unspecified atom stereocenters. The van der Waals surface area contributed by atoms with Crippen molar-refractivity contribution in [1.29, 1.82) is 0 Å². The van der Waals surface area contributed by atoms with Gasteiger partial charge in [-0.3, -0.25) is 19.2 Å². The Hall–Kier alpha value is -3.77. The van der Waals surface area contributed by atoms with E-state index >= 15 is 0 Å². The first-order valence-corrected chi connectivity index (χ1v) is 14.0. The maximum absolute atomic E-state index is 13.2. The Morgan fingerprint density at radius 1 is 0.902 bits per heavy atom. The molecule has 1 aromatic carbocycles. The lowest BCUT2D eigenvalue weighted by Crippen LogP contribution is -2.55. The van der Waals surface area contributed by atoms with Crippen molar-refractivity contribution in [1.82, 2.24) is 25.9 Å². The first-order chi connectivity index (χ1) is 19.3. The van der Waals surface area contributed by atoms with Crippen LogP contribution in [0.25, 0.3) is 0 Å². The van der Waals surface area contributed by atoms with E-state index in [1.165, 1.54) is 6.33 Å². The van der Waals surface area contributed by atoms with Gasteiger partial charge >= 0.3 is 0 Å². The fourth-order valence-corrected chi connectivity index (χ4v) is 4.47. The quantitative estimate of drug-likeness (QED) is 0.141. The number of rotatable bonds is 17. The van der Waals surface area contributed by atoms with Crippen molar-refractivity contribution in [2.75, 3.05) is 0 Å². The molecule has 9 N–H and O–H groups in total. The number of aromatic nitrogens is 2. The third-order valence-corrected chi connectivity index (χ3v) is 6.54. The summed E-state index contributed by atoms with van der Waals surface area (Å²) >= 11 is 0. The minimum atomic E-state index is -1.22. The molecule has 226 valence electrons. The number of amides is 4. The molecule has 0 saturated heterocycles. The fourth-order valence-electron chi connectivity index (χ4n) is 4.47. The van der Waals surface area contributed by atoms with Crippen molar-refractivity contribution in [2.45, 2.75) is 90.1 Å². The lowest BCUT2D eigenvalue weighted by Gasteiger charge is -2.28. The number of hydrogen-bond acceptors (Lipinski definition) is 7. The Morgan fingerprint density at radius 2 is 1.56 bits per heavy atom. The lowest BCUT2D eigenvalue weighted by molar-refractivity contribution is -0.132. The Balaban J connectivity index is 2.04. The second-order valence-electron chi connectivity index (χ2n) is 11.3. The van der Waals surface area contributed by atoms with E-state index < -0.39 is 53.9 Å². The smallest absolute Gasteiger partial charge is 0.243 e. The van der Waals surface area contributed by atoms with Crippen molar-refractivity contribution in [3.05, 3.63) is 54.1 Å². The zero-order chi connectivity index (χ0) is 30.5. The average molecular weight is 572 g/mol. The van der Waals surface area contributed by atoms with Crippen LogP contribution in [0, 0.1) is 11.8 Å². The number of nitrogens with one attached hydrogen (secondary N) is 4. The number of carbonyl (C=O) groups is 4. The summed E-state index contributed by atoms with van der Waals surface area (Å²) in [6.07, 6.45) is 2.66. The van der Waals surface area contributed by atoms with E-state index in [9.17, 15) is 24.3 Å². The van der Waals surface area contributed by atoms with Crippen LogP contribution in [0.1, 0.15) is 58.2 Å². The molecular weight excluding hydrogens is 526 g/mol. The topological polar surface area (TPSA) is 205 Å². The van der Waals surface area contributed by atoms with E-state index in [0.717, 1.165) is 5.56 Å². The molecule has 0 bridgehead atoms. The summed E-state index contributed by atoms with van der Waals surface area (Å²) in [5, 5.41) is 19.1. The number of imidazole rings is 1. The molecule has 2 rings (SSSR count). The molecule has 0 spiro atoms. The molecular formula is C29H45N7O5. The van der Waals surface area contributed by atoms with Gasteiger partial charge in [-0.15, -0.1) is 0 Å². The molecule has 1 aromatic heterocycles. The van der Waals surface area contributed by atoms with Gasteiger partial charge in [0.05, 0.1) is 30.9 Å². The van der Waals surface area contributed by atoms with Crippen molar-refractivity contribution in [2.24, 2.45) is 23.3 Å². The van der Waals surface area contributed by atoms with E-state index in [-0.39, 0.29) is 31.1 Å². The van der Waals surface area contributed by atoms with Crippen LogP contribution < -0.4 is 27.4 Å². The van der Waals surface area contributed by atoms with Crippen LogP contribution >= 0.6 is 0 Å². The molecule has 4 amide bonds. The predicted octanol–water partition coefficient (Wildman–Crippen LogP) is 0.305. The standard InChI is InChI=1S/C29H45N7O5/c1-17(2)10-22(35-28(40)21(30)13-20-15-32-16-33-20)25(37)14-26(38)34-24(11-18(3)4)29(41)36-23(27(31)39)12-19-8-6-5-7-9-19/h5-9,15-18,21-25,37H,10-14,30H2,1-4H3,(H2,31,39)(H,32,33)(H,34,38)(H,35,40)(H,36,41)/t21-,22?,23-,24-,25?/m0/s1. The van der Waals surface area contributed by atoms with Crippen LogP contribution in [0.15, 0.2) is 42.9 Å². The third kappa shape index (κ3) is 12.1. The van der Waals surface area contributed by atoms with Crippen LogP contribution in [0.5, 0.6) is 0 Å². The first kappa shape index (κ1) is 33.4. The van der Waals surface area contributed by atoms with Crippen molar-refractivity contribution >= 4 is 23.6 Å². The molecule has 2 aromatic rings. The number of primary amides is 1. The summed E-state index contributed by atoms with van der Waals surface area (Å²) in [5.41, 5.74) is 13.1. The van der Waals surface area contributed by atoms with Gasteiger partial charge < -0.3 is 37.5 Å². The van der Waals surface area contributed by atoms with E-state index in [2.05, 4.69) is 25.9 Å². The maximum atomic E-state index is 13.2. The Morgan fingerprint density at radius 3 is 2.12 bits per heavy atom. The molecule has 0 aliphatic heterocycles. The van der Waals surface area contributed by atoms with Crippen LogP contribution in [-0.2, 0) is 32.0 Å². The van der Waals surface area contributed by atoms with Gasteiger partial charge in [-0.05, 0) is 30.2 Å². The molecule has 0 radical (unpaired) electrons. The van der Waals surface area contributed by atoms with Crippen LogP contribution in [0.3, 0.4) is 0 Å². The highest BCUT2D eigenvalue weighted by molar-refractivity contribution is 5.91. The number of nitrogens with zero attached hydrogens (tertiary/aromatic N) is 1. The van der Waals surface area contributed by atoms with Gasteiger partial charge in [-0.1, -0.05) is 58.0 Å². The number of aromatic amines is 1. The van der Waals surface area contributed by atoms with Crippen molar-refractivity contribution in [3.63, 3.8) is 0 Å². The van der Waals surface area contributed by atoms with Gasteiger partial charge in [0.2, 0.25) is 23.6 Å². The second kappa shape index (κ2) is 16.5. The number of benzene rings is 1. The summed E-state index contributed by atoms with van der Waals surface area (Å²) in [4.78, 5) is 57.8. The molecule has 1 heterocycles. The highest BCUT2D eigenvalue weighted by atomic mass is 16.3. The predicted molar refractivity (Wildman–Crippen MR) is 155 cm³/mol. The number of carbonyl (C=O) groups excluding carboxylic acids is 4. The van der Waals surface area contributed by atoms with Crippen LogP contribution in [-0.4, -0.2) is 69.0 Å². The molecule has 0 saturated carbocycles. The summed E-state index contributed by atoms with van der Waals surface area (Å²) in [7, 11) is 0. The molecule has 0 fully saturated rings. The van der Waals surface area contributed by atoms with E-state index in [1.807, 2.05) is 58.0 Å². The second-order valence-corrected chi connectivity index (χ2v) is 11.3. The van der Waals surface area contributed by atoms with Crippen LogP contribution in [0.2, 0.25) is 0 Å². The zero-order valence-corrected chi connectivity index (χ0v) is 24.3. The minimum Gasteiger partial charge on any atom is -0.390 e. The van der Waals surface area contributed by atoms with Gasteiger partial charge in [0.25, 0.3) is 0 Å². The third-order valence-electron chi connectivity index (χ3n) is 6.54. The fraction of sp³-hybridized carbons (Fsp3) is 0.552. The van der Waals surface area contributed by atoms with Crippen LogP contribution in [0.4, 0.5) is 0 Å². The van der Waals surface area contributed by atoms with E-state index in [1.54, 1.807) is 6.20 Å². The van der Waals surface area contributed by atoms with Gasteiger partial charge in [-0.25, -0.2) is 4.98 Å². The molecule has 41 heavy (non-hydrogen) atoms. The summed E-state index contributed by atoms with van der Waals surface area (Å²) in [6.45, 7) is 7.67. The van der Waals surface area contributed by atoms with E-state index in [4.69, 9.17) is 11.5 Å². The van der Waals surface area contributed by atoms with Gasteiger partial charge in [0.1, 0.15) is 12.1 Å². The summed E-state index contributed by atoms with van der Waals surface area (Å²) in [6, 6.07) is 5.63. The number of aliphatic hydroxyl groups excluding tert-OH is 1. The molecule has 5 atom stereocenters. The lowest BCUT2D eigenvalue weighted by atomic mass is 9.96. The van der Waals surface area contributed by atoms with Gasteiger partial charge in [-0.2, -0.15) is 0 Å². The first-order valence-electron chi connectivity index (χ1n) is 14.0. The zero-order valence-electron chi connectivity index (χ0n) is 24.3. The number of aliphatic hydroxyl groups is 1. The highest BCUT2D eigenvalue weighted by Crippen LogP contribution is 2.13.